The van der Waals surface area contributed by atoms with Crippen molar-refractivity contribution in [2.75, 3.05) is 13.2 Å². The predicted molar refractivity (Wildman–Crippen MR) is 120 cm³/mol. The maximum Gasteiger partial charge on any atom is 1.00 e. The van der Waals surface area contributed by atoms with E-state index in [2.05, 4.69) is 27.7 Å². The zero-order chi connectivity index (χ0) is 23.0. The first-order valence-corrected chi connectivity index (χ1v) is 11.4. The van der Waals surface area contributed by atoms with Gasteiger partial charge in [0.1, 0.15) is 0 Å². The summed E-state index contributed by atoms with van der Waals surface area (Å²) in [5, 5.41) is 28.8. The Hall–Kier alpha value is 0.190. The molecule has 9 nitrogen and oxygen atoms in total. The van der Waals surface area contributed by atoms with Crippen molar-refractivity contribution in [1.82, 2.24) is 0 Å². The fourth-order valence-corrected chi connectivity index (χ4v) is 3.80. The van der Waals surface area contributed by atoms with Gasteiger partial charge in [0.25, 0.3) is 0 Å². The second-order valence-electron chi connectivity index (χ2n) is 9.66. The van der Waals surface area contributed by atoms with E-state index >= 15 is 0 Å². The second-order valence-corrected chi connectivity index (χ2v) is 9.66. The van der Waals surface area contributed by atoms with Crippen LogP contribution in [0, 0.1) is 29.6 Å². The molecule has 0 saturated carbocycles. The van der Waals surface area contributed by atoms with Gasteiger partial charge < -0.3 is 45.3 Å². The molecule has 0 amide bonds. The molecule has 0 spiro atoms. The Morgan fingerprint density at radius 1 is 0.758 bits per heavy atom. The predicted octanol–water partition coefficient (Wildman–Crippen LogP) is -2.67. The van der Waals surface area contributed by atoms with Crippen molar-refractivity contribution in [1.29, 1.82) is 0 Å². The zero-order valence-electron chi connectivity index (χ0n) is 21.7. The normalized spacial score (nSPS) is 40.0. The van der Waals surface area contributed by atoms with Crippen molar-refractivity contribution in [3.05, 3.63) is 0 Å². The number of aliphatic hydroxyl groups excluding tert-OH is 2. The number of carboxylic acid groups (broad SMARTS) is 1. The Bertz CT molecular complexity index is 498. The van der Waals surface area contributed by atoms with Crippen molar-refractivity contribution in [2.45, 2.75) is 98.4 Å². The molecule has 3 rings (SSSR count). The number of carbonyl (C=O) groups is 1. The van der Waals surface area contributed by atoms with Crippen molar-refractivity contribution in [3.8, 4) is 0 Å². The Balaban J connectivity index is -0.000000393. The molecule has 0 bridgehead atoms. The number of aliphatic hydroxyl groups is 2. The van der Waals surface area contributed by atoms with Gasteiger partial charge in [0.15, 0.2) is 6.29 Å². The van der Waals surface area contributed by atoms with Crippen molar-refractivity contribution >= 4 is 5.97 Å². The van der Waals surface area contributed by atoms with E-state index in [1.54, 1.807) is 0 Å². The first-order valence-electron chi connectivity index (χ1n) is 11.4. The molecule has 0 aromatic heterocycles. The third-order valence-electron chi connectivity index (χ3n) is 6.68. The number of carboxylic acids is 1. The Morgan fingerprint density at radius 3 is 1.70 bits per heavy atom. The van der Waals surface area contributed by atoms with Gasteiger partial charge in [-0.2, -0.15) is 0 Å². The van der Waals surface area contributed by atoms with E-state index in [-0.39, 0.29) is 64.9 Å². The number of hydrogen-bond acceptors (Lipinski definition) is 7. The molecule has 33 heavy (non-hydrogen) atoms. The molecule has 10 atom stereocenters. The first kappa shape index (κ1) is 37.7. The average Bonchev–Trinajstić information content (AvgIpc) is 2.66. The Labute approximate surface area is 221 Å². The molecule has 3 saturated heterocycles. The van der Waals surface area contributed by atoms with Gasteiger partial charge in [0.05, 0.1) is 37.0 Å². The van der Waals surface area contributed by atoms with Crippen LogP contribution in [-0.4, -0.2) is 71.1 Å². The van der Waals surface area contributed by atoms with Gasteiger partial charge in [-0.05, 0) is 44.4 Å². The molecule has 194 valence electrons. The summed E-state index contributed by atoms with van der Waals surface area (Å²) in [5.41, 5.74) is 0. The maximum atomic E-state index is 10.3. The first-order chi connectivity index (χ1) is 13.9. The van der Waals surface area contributed by atoms with Crippen molar-refractivity contribution < 1.29 is 74.8 Å². The van der Waals surface area contributed by atoms with Gasteiger partial charge in [-0.1, -0.05) is 34.6 Å². The Kier molecular flexibility index (Phi) is 21.1. The van der Waals surface area contributed by atoms with Gasteiger partial charge >= 0.3 is 29.6 Å². The van der Waals surface area contributed by atoms with Gasteiger partial charge in [0, 0.05) is 24.9 Å². The number of aliphatic carboxylic acids is 1. The van der Waals surface area contributed by atoms with E-state index in [0.717, 1.165) is 24.9 Å². The maximum absolute atomic E-state index is 10.3. The second kappa shape index (κ2) is 18.5. The summed E-state index contributed by atoms with van der Waals surface area (Å²) in [4.78, 5) is 10.3. The molecular formula is C23H47NaO9. The fourth-order valence-electron chi connectivity index (χ4n) is 3.80. The summed E-state index contributed by atoms with van der Waals surface area (Å²) in [6.45, 7) is 16.0. The topological polar surface area (TPSA) is 171 Å². The SMILES string of the molecule is CC1COC(C(=O)[O-])C[C@H]1O.CC1C[C@@H](C)C(C)C(O)O1.CC1C[C@@H](C)C(C)CO1.O.O.[Na+]. The molecule has 3 aliphatic rings. The van der Waals surface area contributed by atoms with Crippen LogP contribution in [0.3, 0.4) is 0 Å². The van der Waals surface area contributed by atoms with Gasteiger partial charge in [0.2, 0.25) is 0 Å². The molecular weight excluding hydrogens is 443 g/mol. The summed E-state index contributed by atoms with van der Waals surface area (Å²) in [6, 6.07) is 0. The van der Waals surface area contributed by atoms with Crippen LogP contribution < -0.4 is 34.7 Å². The average molecular weight is 491 g/mol. The number of ether oxygens (including phenoxy) is 3. The van der Waals surface area contributed by atoms with E-state index in [0.29, 0.717) is 18.6 Å². The molecule has 0 radical (unpaired) electrons. The summed E-state index contributed by atoms with van der Waals surface area (Å²) < 4.78 is 15.6. The van der Waals surface area contributed by atoms with Crippen LogP contribution >= 0.6 is 0 Å². The quantitative estimate of drug-likeness (QED) is 0.377. The minimum atomic E-state index is -1.24. The van der Waals surface area contributed by atoms with Crippen LogP contribution in [-0.2, 0) is 19.0 Å². The van der Waals surface area contributed by atoms with Gasteiger partial charge in [-0.15, -0.1) is 0 Å². The monoisotopic (exact) mass is 490 g/mol. The summed E-state index contributed by atoms with van der Waals surface area (Å²) >= 11 is 0. The number of carbonyl (C=O) groups excluding carboxylic acids is 1. The van der Waals surface area contributed by atoms with Crippen LogP contribution in [0.25, 0.3) is 0 Å². The number of rotatable bonds is 1. The van der Waals surface area contributed by atoms with E-state index in [4.69, 9.17) is 14.2 Å². The van der Waals surface area contributed by atoms with E-state index < -0.39 is 24.5 Å². The number of hydrogen-bond donors (Lipinski definition) is 2. The van der Waals surface area contributed by atoms with Crippen LogP contribution in [0.4, 0.5) is 0 Å². The minimum absolute atomic E-state index is 0. The van der Waals surface area contributed by atoms with Crippen molar-refractivity contribution in [2.24, 2.45) is 29.6 Å². The smallest absolute Gasteiger partial charge is 0.547 e. The van der Waals surface area contributed by atoms with Crippen molar-refractivity contribution in [3.63, 3.8) is 0 Å². The zero-order valence-corrected chi connectivity index (χ0v) is 23.7. The molecule has 7 unspecified atom stereocenters. The van der Waals surface area contributed by atoms with E-state index in [1.165, 1.54) is 6.42 Å². The molecule has 6 N–H and O–H groups in total. The third-order valence-corrected chi connectivity index (χ3v) is 6.68. The molecule has 0 aromatic rings. The van der Waals surface area contributed by atoms with E-state index in [9.17, 15) is 20.1 Å². The summed E-state index contributed by atoms with van der Waals surface area (Å²) in [5.74, 6) is 1.27. The third kappa shape index (κ3) is 13.8. The molecule has 10 heteroatoms. The van der Waals surface area contributed by atoms with Crippen LogP contribution in [0.15, 0.2) is 0 Å². The largest absolute Gasteiger partial charge is 1.00 e. The van der Waals surface area contributed by atoms with Crippen LogP contribution in [0.2, 0.25) is 0 Å². The summed E-state index contributed by atoms with van der Waals surface area (Å²) in [6.07, 6.45) is 1.12. The minimum Gasteiger partial charge on any atom is -0.547 e. The fraction of sp³-hybridized carbons (Fsp3) is 0.957. The van der Waals surface area contributed by atoms with Crippen LogP contribution in [0.5, 0.6) is 0 Å². The van der Waals surface area contributed by atoms with Gasteiger partial charge in [-0.3, -0.25) is 0 Å². The Morgan fingerprint density at radius 2 is 1.27 bits per heavy atom. The standard InChI is InChI=1S/C8H16O2.C8H16O.C7H12O4.Na.2H2O/c1-5-4-6(2)10-8(9)7(5)3;1-6-4-8(3)9-5-7(6)2;1-4-3-11-6(7(9)10)2-5(4)8;;;/h5-9H,4H2,1-3H3;6-8H,4-5H2,1-3H3;4-6,8H,2-3H2,1H3,(H,9,10);;2*1H2/q;;;+1;;/p-1/t5-,6?,7?,8?;6-,7?,8?;4?,5-,6?;;;/m111.../s1. The van der Waals surface area contributed by atoms with E-state index in [1.807, 2.05) is 20.8 Å². The summed E-state index contributed by atoms with van der Waals surface area (Å²) in [7, 11) is 0. The van der Waals surface area contributed by atoms with Gasteiger partial charge in [-0.25, -0.2) is 0 Å². The molecule has 3 aliphatic heterocycles. The molecule has 3 fully saturated rings. The molecule has 3 heterocycles. The molecule has 0 aromatic carbocycles. The molecule has 0 aliphatic carbocycles. The van der Waals surface area contributed by atoms with Crippen LogP contribution in [0.1, 0.15) is 67.7 Å².